The van der Waals surface area contributed by atoms with Gasteiger partial charge in [-0.2, -0.15) is 0 Å². The first-order valence-electron chi connectivity index (χ1n) is 0.986. The molecule has 0 unspecified atom stereocenters. The highest BCUT2D eigenvalue weighted by Gasteiger charge is 1.15. The normalized spacial score (nSPS) is 2.17. The van der Waals surface area contributed by atoms with E-state index in [2.05, 4.69) is 6.58 Å². The van der Waals surface area contributed by atoms with Crippen molar-refractivity contribution in [2.24, 2.45) is 0 Å². The predicted molar refractivity (Wildman–Crippen MR) is 46.8 cm³/mol. The van der Waals surface area contributed by atoms with Gasteiger partial charge in [-0.05, 0) is 6.92 Å². The Hall–Kier alpha value is 1.18. The summed E-state index contributed by atoms with van der Waals surface area (Å²) in [6.45, 7) is 5.25. The zero-order chi connectivity index (χ0) is 2.71. The highest BCUT2D eigenvalue weighted by atomic mass is 79.9. The zero-order valence-electron chi connectivity index (χ0n) is 3.51. The van der Waals surface area contributed by atoms with Gasteiger partial charge in [-0.15, -0.1) is 57.5 Å². The lowest BCUT2D eigenvalue weighted by atomic mass is 10.8. The van der Waals surface area contributed by atoms with Gasteiger partial charge in [0.2, 0.25) is 0 Å². The van der Waals surface area contributed by atoms with Crippen molar-refractivity contribution in [3.63, 3.8) is 0 Å². The van der Waals surface area contributed by atoms with Crippen LogP contribution in [0.2, 0.25) is 0 Å². The van der Waals surface area contributed by atoms with Crippen LogP contribution >= 0.6 is 50.9 Å². The summed E-state index contributed by atoms with van der Waals surface area (Å²) in [6.07, 6.45) is 1.75. The van der Waals surface area contributed by atoms with Crippen LogP contribution in [0.3, 0.4) is 0 Å². The molecule has 0 amide bonds. The Morgan fingerprint density at radius 1 is 1.17 bits per heavy atom. The zero-order valence-corrected chi connectivity index (χ0v) is 8.65. The molecule has 0 saturated heterocycles. The quantitative estimate of drug-likeness (QED) is 0.600. The van der Waals surface area contributed by atoms with E-state index in [0.29, 0.717) is 0 Å². The van der Waals surface area contributed by atoms with Gasteiger partial charge in [-0.25, -0.2) is 0 Å². The summed E-state index contributed by atoms with van der Waals surface area (Å²) in [4.78, 5) is 0. The monoisotopic (exact) mass is 282 g/mol. The number of allylic oxidation sites excluding steroid dienone is 1. The van der Waals surface area contributed by atoms with E-state index in [9.17, 15) is 0 Å². The lowest BCUT2D eigenvalue weighted by Gasteiger charge is -1.31. The second-order valence-electron chi connectivity index (χ2n) is 0.408. The molecule has 0 aliphatic carbocycles. The third-order valence-corrected chi connectivity index (χ3v) is 0. The topological polar surface area (TPSA) is 0 Å². The van der Waals surface area contributed by atoms with Crippen molar-refractivity contribution in [2.75, 3.05) is 0 Å². The van der Waals surface area contributed by atoms with Crippen LogP contribution in [0, 0.1) is 0 Å². The summed E-state index contributed by atoms with van der Waals surface area (Å²) in [5, 5.41) is 0. The first-order valence-corrected chi connectivity index (χ1v) is 0.986. The molecule has 0 spiro atoms. The minimum absolute atomic E-state index is 0. The van der Waals surface area contributed by atoms with E-state index in [4.69, 9.17) is 0 Å². The van der Waals surface area contributed by atoms with E-state index in [-0.39, 0.29) is 50.9 Å². The lowest BCUT2D eigenvalue weighted by molar-refractivity contribution is 1.80. The van der Waals surface area contributed by atoms with Crippen LogP contribution in [0.25, 0.3) is 0 Å². The van der Waals surface area contributed by atoms with Crippen molar-refractivity contribution in [3.05, 3.63) is 12.7 Å². The van der Waals surface area contributed by atoms with Crippen molar-refractivity contribution >= 4 is 50.9 Å². The molecule has 6 heavy (non-hydrogen) atoms. The molecule has 0 atom stereocenters. The summed E-state index contributed by atoms with van der Waals surface area (Å²) in [7, 11) is 0. The molecule has 0 heterocycles. The van der Waals surface area contributed by atoms with Crippen LogP contribution in [0.4, 0.5) is 0 Å². The maximum atomic E-state index is 3.36. The van der Waals surface area contributed by atoms with Crippen LogP contribution in [0.5, 0.6) is 0 Å². The number of rotatable bonds is 0. The molecule has 42 valence electrons. The molecule has 0 aliphatic rings. The fourth-order valence-corrected chi connectivity index (χ4v) is 0. The molecule has 0 rings (SSSR count). The molecular weight excluding hydrogens is 276 g/mol. The molecule has 0 radical (unpaired) electrons. The van der Waals surface area contributed by atoms with E-state index >= 15 is 0 Å². The molecule has 0 aromatic carbocycles. The van der Waals surface area contributed by atoms with Crippen LogP contribution in [0.15, 0.2) is 12.7 Å². The highest BCUT2D eigenvalue weighted by molar-refractivity contribution is 8.93. The van der Waals surface area contributed by atoms with Gasteiger partial charge in [-0.1, -0.05) is 6.08 Å². The smallest absolute Gasteiger partial charge is 0.0473 e. The third-order valence-electron chi connectivity index (χ3n) is 0. The Balaban J connectivity index is -0.00000000667. The minimum atomic E-state index is 0. The van der Waals surface area contributed by atoms with Crippen molar-refractivity contribution in [3.8, 4) is 0 Å². The van der Waals surface area contributed by atoms with Crippen LogP contribution in [0.1, 0.15) is 6.92 Å². The molecule has 0 aromatic rings. The van der Waals surface area contributed by atoms with Crippen LogP contribution in [-0.2, 0) is 0 Å². The Kier molecular flexibility index (Phi) is 158. The molecule has 3 heteroatoms. The average molecular weight is 285 g/mol. The van der Waals surface area contributed by atoms with Gasteiger partial charge < -0.3 is 0 Å². The summed E-state index contributed by atoms with van der Waals surface area (Å²) >= 11 is 0. The van der Waals surface area contributed by atoms with Crippen molar-refractivity contribution in [2.45, 2.75) is 6.92 Å². The average Bonchev–Trinajstić information content (AvgIpc) is 0.918. The van der Waals surface area contributed by atoms with Crippen molar-refractivity contribution in [1.82, 2.24) is 0 Å². The molecule has 0 aromatic heterocycles. The number of hydrogen-bond acceptors (Lipinski definition) is 0. The minimum Gasteiger partial charge on any atom is -0.114 e. The summed E-state index contributed by atoms with van der Waals surface area (Å²) < 4.78 is 0. The summed E-state index contributed by atoms with van der Waals surface area (Å²) in [6, 6.07) is 0. The SMILES string of the molecule is Br.Br.Br.C=CC. The van der Waals surface area contributed by atoms with Crippen LogP contribution < -0.4 is 0 Å². The fourth-order valence-electron chi connectivity index (χ4n) is 0. The molecule has 0 aliphatic heterocycles. The summed E-state index contributed by atoms with van der Waals surface area (Å²) in [5.41, 5.74) is 0. The maximum Gasteiger partial charge on any atom is -0.0473 e. The largest absolute Gasteiger partial charge is 0.114 e. The first kappa shape index (κ1) is 27.1. The van der Waals surface area contributed by atoms with Gasteiger partial charge in [0.1, 0.15) is 0 Å². The standard InChI is InChI=1S/C3H6.3BrH/c1-3-2;;;/h3H,1H2,2H3;3*1H. The number of hydrogen-bond donors (Lipinski definition) is 0. The van der Waals surface area contributed by atoms with Gasteiger partial charge in [-0.3, -0.25) is 0 Å². The Bertz CT molecular complexity index is 13.5. The number of halogens is 3. The highest BCUT2D eigenvalue weighted by Crippen LogP contribution is 1.38. The second kappa shape index (κ2) is 34.9. The Morgan fingerprint density at radius 2 is 1.17 bits per heavy atom. The van der Waals surface area contributed by atoms with Gasteiger partial charge in [0.15, 0.2) is 0 Å². The maximum absolute atomic E-state index is 3.36. The Morgan fingerprint density at radius 3 is 1.17 bits per heavy atom. The lowest BCUT2D eigenvalue weighted by Crippen LogP contribution is -1.07. The van der Waals surface area contributed by atoms with Crippen LogP contribution in [-0.4, -0.2) is 0 Å². The molecule has 0 nitrogen and oxygen atoms in total. The van der Waals surface area contributed by atoms with E-state index in [1.807, 2.05) is 6.92 Å². The van der Waals surface area contributed by atoms with Crippen molar-refractivity contribution in [1.29, 1.82) is 0 Å². The second-order valence-corrected chi connectivity index (χ2v) is 0.408. The van der Waals surface area contributed by atoms with E-state index < -0.39 is 0 Å². The van der Waals surface area contributed by atoms with E-state index in [1.54, 1.807) is 6.08 Å². The molecular formula is C3H9Br3. The fraction of sp³-hybridized carbons (Fsp3) is 0.333. The predicted octanol–water partition coefficient (Wildman–Crippen LogP) is 2.93. The first-order chi connectivity index (χ1) is 1.41. The van der Waals surface area contributed by atoms with Gasteiger partial charge in [0.05, 0.1) is 0 Å². The molecule has 0 N–H and O–H groups in total. The third kappa shape index (κ3) is 65.0. The molecule has 0 bridgehead atoms. The molecule has 0 saturated carbocycles. The van der Waals surface area contributed by atoms with E-state index in [0.717, 1.165) is 0 Å². The van der Waals surface area contributed by atoms with E-state index in [1.165, 1.54) is 0 Å². The molecule has 0 fully saturated rings. The van der Waals surface area contributed by atoms with Gasteiger partial charge in [0, 0.05) is 0 Å². The summed E-state index contributed by atoms with van der Waals surface area (Å²) in [5.74, 6) is 0. The van der Waals surface area contributed by atoms with Gasteiger partial charge >= 0.3 is 0 Å². The Labute approximate surface area is 70.3 Å². The van der Waals surface area contributed by atoms with Crippen molar-refractivity contribution < 1.29 is 0 Å². The van der Waals surface area contributed by atoms with Gasteiger partial charge in [0.25, 0.3) is 0 Å².